The highest BCUT2D eigenvalue weighted by Gasteiger charge is 2.18. The number of nitrogens with zero attached hydrogens (tertiary/aromatic N) is 2. The third-order valence-corrected chi connectivity index (χ3v) is 4.51. The molecule has 6 nitrogen and oxygen atoms in total. The third-order valence-electron chi connectivity index (χ3n) is 2.60. The Labute approximate surface area is 112 Å². The van der Waals surface area contributed by atoms with E-state index in [1.807, 2.05) is 0 Å². The van der Waals surface area contributed by atoms with Gasteiger partial charge in [-0.05, 0) is 30.8 Å². The van der Waals surface area contributed by atoms with Crippen LogP contribution in [0.5, 0.6) is 0 Å². The van der Waals surface area contributed by atoms with Crippen molar-refractivity contribution < 1.29 is 8.42 Å². The van der Waals surface area contributed by atoms with Crippen molar-refractivity contribution in [2.45, 2.75) is 38.6 Å². The van der Waals surface area contributed by atoms with Crippen molar-refractivity contribution >= 4 is 21.4 Å². The van der Waals surface area contributed by atoms with Gasteiger partial charge in [-0.3, -0.25) is 11.3 Å². The Bertz CT molecular complexity index is 458. The van der Waals surface area contributed by atoms with Crippen LogP contribution in [0.2, 0.25) is 0 Å². The molecule has 0 aromatic carbocycles. The number of aromatic nitrogens is 2. The van der Waals surface area contributed by atoms with Gasteiger partial charge < -0.3 is 0 Å². The van der Waals surface area contributed by atoms with Gasteiger partial charge >= 0.3 is 0 Å². The molecular weight excluding hydrogens is 272 g/mol. The highest BCUT2D eigenvalue weighted by atomic mass is 32.2. The first kappa shape index (κ1) is 15.5. The summed E-state index contributed by atoms with van der Waals surface area (Å²) in [6.07, 6.45) is 4.37. The second kappa shape index (κ2) is 7.13. The molecule has 0 aliphatic rings. The Morgan fingerprint density at radius 1 is 1.50 bits per heavy atom. The van der Waals surface area contributed by atoms with E-state index in [1.54, 1.807) is 0 Å². The molecule has 0 amide bonds. The van der Waals surface area contributed by atoms with Crippen LogP contribution in [-0.4, -0.2) is 30.0 Å². The van der Waals surface area contributed by atoms with E-state index in [1.165, 1.54) is 17.8 Å². The van der Waals surface area contributed by atoms with Crippen molar-refractivity contribution in [2.24, 2.45) is 5.84 Å². The normalized spacial score (nSPS) is 13.7. The Morgan fingerprint density at radius 3 is 2.78 bits per heavy atom. The first-order chi connectivity index (χ1) is 8.48. The standard InChI is InChI=1S/C10H20N4O2S2/c1-3-5-9-10(17-14-13-9)8(12-11)6-4-7-18(2,15)16/h8,12H,3-7,11H2,1-2H3. The summed E-state index contributed by atoms with van der Waals surface area (Å²) < 4.78 is 26.1. The van der Waals surface area contributed by atoms with Crippen LogP contribution in [0.4, 0.5) is 0 Å². The zero-order valence-electron chi connectivity index (χ0n) is 10.7. The molecule has 1 heterocycles. The Balaban J connectivity index is 2.62. The maximum atomic E-state index is 11.1. The minimum Gasteiger partial charge on any atom is -0.271 e. The van der Waals surface area contributed by atoms with Gasteiger partial charge in [0.1, 0.15) is 9.84 Å². The van der Waals surface area contributed by atoms with Gasteiger partial charge in [0.15, 0.2) is 0 Å². The van der Waals surface area contributed by atoms with E-state index in [0.29, 0.717) is 12.8 Å². The minimum atomic E-state index is -2.91. The molecule has 0 aliphatic carbocycles. The van der Waals surface area contributed by atoms with Crippen LogP contribution in [-0.2, 0) is 16.3 Å². The average Bonchev–Trinajstić information content (AvgIpc) is 2.72. The maximum absolute atomic E-state index is 11.1. The quantitative estimate of drug-likeness (QED) is 0.544. The molecule has 0 aliphatic heterocycles. The maximum Gasteiger partial charge on any atom is 0.147 e. The van der Waals surface area contributed by atoms with Crippen molar-refractivity contribution in [2.75, 3.05) is 12.0 Å². The lowest BCUT2D eigenvalue weighted by Crippen LogP contribution is -2.28. The fraction of sp³-hybridized carbons (Fsp3) is 0.800. The summed E-state index contributed by atoms with van der Waals surface area (Å²) in [4.78, 5) is 1.02. The lowest BCUT2D eigenvalue weighted by Gasteiger charge is -2.14. The molecule has 1 aromatic heterocycles. The fourth-order valence-corrected chi connectivity index (χ4v) is 3.21. The largest absolute Gasteiger partial charge is 0.271 e. The van der Waals surface area contributed by atoms with Crippen molar-refractivity contribution in [3.8, 4) is 0 Å². The van der Waals surface area contributed by atoms with Crippen molar-refractivity contribution in [1.29, 1.82) is 0 Å². The number of hydrogen-bond donors (Lipinski definition) is 2. The number of aryl methyl sites for hydroxylation is 1. The lowest BCUT2D eigenvalue weighted by atomic mass is 10.1. The topological polar surface area (TPSA) is 98.0 Å². The first-order valence-electron chi connectivity index (χ1n) is 5.93. The molecule has 0 radical (unpaired) electrons. The molecule has 0 spiro atoms. The number of hydrogen-bond acceptors (Lipinski definition) is 7. The van der Waals surface area contributed by atoms with Gasteiger partial charge in [0.05, 0.1) is 16.6 Å². The number of rotatable bonds is 8. The summed E-state index contributed by atoms with van der Waals surface area (Å²) in [6, 6.07) is -0.0618. The summed E-state index contributed by atoms with van der Waals surface area (Å²) in [6.45, 7) is 2.08. The van der Waals surface area contributed by atoms with Gasteiger partial charge in [0, 0.05) is 12.0 Å². The smallest absolute Gasteiger partial charge is 0.147 e. The molecule has 3 N–H and O–H groups in total. The van der Waals surface area contributed by atoms with Crippen molar-refractivity contribution in [3.05, 3.63) is 10.6 Å². The van der Waals surface area contributed by atoms with E-state index in [9.17, 15) is 8.42 Å². The summed E-state index contributed by atoms with van der Waals surface area (Å²) in [5, 5.41) is 4.09. The molecule has 1 aromatic rings. The molecule has 1 rings (SSSR count). The highest BCUT2D eigenvalue weighted by molar-refractivity contribution is 7.90. The van der Waals surface area contributed by atoms with Crippen LogP contribution in [0.3, 0.4) is 0 Å². The number of sulfone groups is 1. The molecule has 0 saturated carbocycles. The third kappa shape index (κ3) is 4.97. The number of hydrazine groups is 1. The SMILES string of the molecule is CCCc1nnsc1C(CCCS(C)(=O)=O)NN. The van der Waals surface area contributed by atoms with Crippen LogP contribution in [0.25, 0.3) is 0 Å². The second-order valence-electron chi connectivity index (χ2n) is 4.33. The second-order valence-corrected chi connectivity index (χ2v) is 7.37. The van der Waals surface area contributed by atoms with Crippen molar-refractivity contribution in [3.63, 3.8) is 0 Å². The van der Waals surface area contributed by atoms with E-state index in [-0.39, 0.29) is 11.8 Å². The zero-order chi connectivity index (χ0) is 13.6. The summed E-state index contributed by atoms with van der Waals surface area (Å²) in [5.74, 6) is 5.71. The molecule has 0 fully saturated rings. The minimum absolute atomic E-state index is 0.0618. The number of nitrogens with one attached hydrogen (secondary N) is 1. The van der Waals surface area contributed by atoms with Gasteiger partial charge in [0.25, 0.3) is 0 Å². The van der Waals surface area contributed by atoms with E-state index in [0.717, 1.165) is 23.4 Å². The van der Waals surface area contributed by atoms with Gasteiger partial charge in [-0.2, -0.15) is 0 Å². The van der Waals surface area contributed by atoms with Gasteiger partial charge in [-0.25, -0.2) is 8.42 Å². The van der Waals surface area contributed by atoms with Gasteiger partial charge in [-0.1, -0.05) is 17.8 Å². The highest BCUT2D eigenvalue weighted by Crippen LogP contribution is 2.24. The zero-order valence-corrected chi connectivity index (χ0v) is 12.4. The predicted molar refractivity (Wildman–Crippen MR) is 72.9 cm³/mol. The van der Waals surface area contributed by atoms with Crippen LogP contribution >= 0.6 is 11.5 Å². The molecule has 104 valence electrons. The summed E-state index contributed by atoms with van der Waals surface area (Å²) in [7, 11) is -2.91. The number of nitrogens with two attached hydrogens (primary N) is 1. The molecule has 0 saturated heterocycles. The Kier molecular flexibility index (Phi) is 6.13. The van der Waals surface area contributed by atoms with E-state index >= 15 is 0 Å². The predicted octanol–water partition coefficient (Wildman–Crippen LogP) is 0.820. The Morgan fingerprint density at radius 2 is 2.22 bits per heavy atom. The van der Waals surface area contributed by atoms with E-state index < -0.39 is 9.84 Å². The molecule has 1 atom stereocenters. The average molecular weight is 292 g/mol. The monoisotopic (exact) mass is 292 g/mol. The van der Waals surface area contributed by atoms with E-state index in [4.69, 9.17) is 5.84 Å². The van der Waals surface area contributed by atoms with Gasteiger partial charge in [0.2, 0.25) is 0 Å². The first-order valence-corrected chi connectivity index (χ1v) is 8.76. The summed E-state index contributed by atoms with van der Waals surface area (Å²) in [5.41, 5.74) is 3.69. The van der Waals surface area contributed by atoms with Crippen LogP contribution in [0.1, 0.15) is 42.8 Å². The van der Waals surface area contributed by atoms with Crippen molar-refractivity contribution in [1.82, 2.24) is 15.0 Å². The van der Waals surface area contributed by atoms with Crippen LogP contribution in [0.15, 0.2) is 0 Å². The molecule has 18 heavy (non-hydrogen) atoms. The van der Waals surface area contributed by atoms with Crippen LogP contribution in [0, 0.1) is 0 Å². The van der Waals surface area contributed by atoms with Gasteiger partial charge in [-0.15, -0.1) is 5.10 Å². The molecule has 8 heteroatoms. The summed E-state index contributed by atoms with van der Waals surface area (Å²) >= 11 is 1.33. The van der Waals surface area contributed by atoms with E-state index in [2.05, 4.69) is 21.9 Å². The Hall–Kier alpha value is -0.570. The fourth-order valence-electron chi connectivity index (χ4n) is 1.73. The molecule has 0 bridgehead atoms. The molecular formula is C10H20N4O2S2. The lowest BCUT2D eigenvalue weighted by molar-refractivity contribution is 0.510. The van der Waals surface area contributed by atoms with Crippen LogP contribution < -0.4 is 11.3 Å². The molecule has 1 unspecified atom stereocenters.